The largest absolute Gasteiger partial charge is 0.497 e. The Bertz CT molecular complexity index is 1180. The van der Waals surface area contributed by atoms with Gasteiger partial charge < -0.3 is 4.74 Å². The monoisotopic (exact) mass is 391 g/mol. The van der Waals surface area contributed by atoms with E-state index < -0.39 is 11.7 Å². The van der Waals surface area contributed by atoms with Gasteiger partial charge in [0.1, 0.15) is 5.75 Å². The Morgan fingerprint density at radius 3 is 2.10 bits per heavy atom. The number of hydrogen-bond acceptors (Lipinski definition) is 1. The molecule has 0 aromatic heterocycles. The highest BCUT2D eigenvalue weighted by molar-refractivity contribution is 5.89. The number of alkyl halides is 3. The fourth-order valence-electron chi connectivity index (χ4n) is 3.52. The highest BCUT2D eigenvalue weighted by Gasteiger charge is 2.34. The van der Waals surface area contributed by atoms with Crippen LogP contribution in [0.4, 0.5) is 13.2 Å². The molecule has 0 amide bonds. The van der Waals surface area contributed by atoms with E-state index in [2.05, 4.69) is 6.92 Å². The molecule has 0 heterocycles. The van der Waals surface area contributed by atoms with Crippen LogP contribution in [0, 0.1) is 6.92 Å². The summed E-state index contributed by atoms with van der Waals surface area (Å²) in [5.41, 5.74) is 1.69. The van der Waals surface area contributed by atoms with Gasteiger partial charge in [-0.25, -0.2) is 0 Å². The normalized spacial score (nSPS) is 11.6. The van der Waals surface area contributed by atoms with Crippen LogP contribution in [0.2, 0.25) is 0 Å². The molecule has 4 aromatic carbocycles. The molecule has 29 heavy (non-hydrogen) atoms. The summed E-state index contributed by atoms with van der Waals surface area (Å²) >= 11 is 0. The fraction of sp³-hybridized carbons (Fsp3) is 0.0800. The Balaban J connectivity index is 1.89. The number of benzene rings is 4. The van der Waals surface area contributed by atoms with Crippen molar-refractivity contribution in [2.24, 2.45) is 0 Å². The molecule has 145 valence electrons. The molecule has 4 rings (SSSR count). The van der Waals surface area contributed by atoms with Crippen LogP contribution in [0.15, 0.2) is 78.9 Å². The Hall–Kier alpha value is -3.27. The minimum absolute atomic E-state index is 0.136. The van der Waals surface area contributed by atoms with Gasteiger partial charge in [0.2, 0.25) is 0 Å². The molecule has 1 nitrogen and oxygen atoms in total. The smallest absolute Gasteiger partial charge is 0.417 e. The molecule has 0 bridgehead atoms. The summed E-state index contributed by atoms with van der Waals surface area (Å²) in [7, 11) is 1.59. The molecule has 0 fully saturated rings. The number of rotatable bonds is 3. The summed E-state index contributed by atoms with van der Waals surface area (Å²) in [6, 6.07) is 22.5. The molecule has 0 aliphatic carbocycles. The minimum atomic E-state index is -4.47. The van der Waals surface area contributed by atoms with Gasteiger partial charge in [-0.05, 0) is 75.8 Å². The van der Waals surface area contributed by atoms with E-state index in [-0.39, 0.29) is 5.56 Å². The van der Waals surface area contributed by atoms with E-state index in [1.165, 1.54) is 12.1 Å². The summed E-state index contributed by atoms with van der Waals surface area (Å²) in [4.78, 5) is 0. The van der Waals surface area contributed by atoms with Crippen molar-refractivity contribution in [3.8, 4) is 28.0 Å². The Kier molecular flexibility index (Phi) is 4.79. The molecule has 4 aromatic rings. The third-order valence-corrected chi connectivity index (χ3v) is 4.99. The maximum Gasteiger partial charge on any atom is 0.417 e. The lowest BCUT2D eigenvalue weighted by atomic mass is 9.90. The third kappa shape index (κ3) is 3.70. The first-order valence-corrected chi connectivity index (χ1v) is 9.07. The molecule has 0 aliphatic rings. The third-order valence-electron chi connectivity index (χ3n) is 4.99. The average Bonchev–Trinajstić information content (AvgIpc) is 2.72. The van der Waals surface area contributed by atoms with Crippen molar-refractivity contribution >= 4 is 10.8 Å². The summed E-state index contributed by atoms with van der Waals surface area (Å²) < 4.78 is 46.8. The van der Waals surface area contributed by atoms with Crippen molar-refractivity contribution in [1.29, 1.82) is 0 Å². The Morgan fingerprint density at radius 1 is 0.724 bits per heavy atom. The van der Waals surface area contributed by atoms with Gasteiger partial charge in [-0.1, -0.05) is 48.5 Å². The Labute approximate surface area is 167 Å². The Morgan fingerprint density at radius 2 is 1.41 bits per heavy atom. The van der Waals surface area contributed by atoms with Gasteiger partial charge in [0.25, 0.3) is 0 Å². The lowest BCUT2D eigenvalue weighted by Gasteiger charge is -2.17. The molecular formula is C25H18F3O. The van der Waals surface area contributed by atoms with Crippen LogP contribution in [0.1, 0.15) is 11.1 Å². The summed E-state index contributed by atoms with van der Waals surface area (Å²) in [5, 5.41) is 1.87. The number of halogens is 3. The average molecular weight is 391 g/mol. The number of hydrogen-bond donors (Lipinski definition) is 0. The van der Waals surface area contributed by atoms with Gasteiger partial charge in [0.15, 0.2) is 0 Å². The van der Waals surface area contributed by atoms with E-state index in [1.54, 1.807) is 37.4 Å². The van der Waals surface area contributed by atoms with E-state index in [0.29, 0.717) is 22.3 Å². The number of ether oxygens (including phenoxy) is 1. The van der Waals surface area contributed by atoms with Gasteiger partial charge in [0.05, 0.1) is 12.7 Å². The SMILES string of the molecule is [CH2]c1cc(-c2ccccc2)c(C(F)(F)F)cc1-c1ccc2cc(OC)ccc2c1. The molecule has 0 N–H and O–H groups in total. The van der Waals surface area contributed by atoms with Crippen molar-refractivity contribution in [2.75, 3.05) is 7.11 Å². The number of fused-ring (bicyclic) bond motifs is 1. The maximum absolute atomic E-state index is 13.9. The lowest BCUT2D eigenvalue weighted by Crippen LogP contribution is -2.08. The van der Waals surface area contributed by atoms with Gasteiger partial charge in [-0.3, -0.25) is 0 Å². The van der Waals surface area contributed by atoms with Crippen molar-refractivity contribution in [1.82, 2.24) is 0 Å². The van der Waals surface area contributed by atoms with Crippen molar-refractivity contribution in [3.63, 3.8) is 0 Å². The zero-order valence-corrected chi connectivity index (χ0v) is 15.8. The van der Waals surface area contributed by atoms with E-state index in [4.69, 9.17) is 4.74 Å². The second-order valence-electron chi connectivity index (χ2n) is 6.85. The van der Waals surface area contributed by atoms with Gasteiger partial charge in [-0.15, -0.1) is 0 Å². The van der Waals surface area contributed by atoms with E-state index in [1.807, 2.05) is 36.4 Å². The van der Waals surface area contributed by atoms with Crippen LogP contribution >= 0.6 is 0 Å². The summed E-state index contributed by atoms with van der Waals surface area (Å²) in [6.07, 6.45) is -4.47. The molecule has 0 saturated carbocycles. The molecule has 1 radical (unpaired) electrons. The van der Waals surface area contributed by atoms with Gasteiger partial charge in [-0.2, -0.15) is 13.2 Å². The number of methoxy groups -OCH3 is 1. The first kappa shape index (κ1) is 19.1. The first-order chi connectivity index (χ1) is 13.9. The van der Waals surface area contributed by atoms with Gasteiger partial charge >= 0.3 is 6.18 Å². The topological polar surface area (TPSA) is 9.23 Å². The minimum Gasteiger partial charge on any atom is -0.497 e. The zero-order chi connectivity index (χ0) is 20.6. The molecule has 4 heteroatoms. The van der Waals surface area contributed by atoms with E-state index >= 15 is 0 Å². The lowest BCUT2D eigenvalue weighted by molar-refractivity contribution is -0.137. The van der Waals surface area contributed by atoms with Crippen LogP contribution in [0.3, 0.4) is 0 Å². The van der Waals surface area contributed by atoms with E-state index in [0.717, 1.165) is 16.5 Å². The molecule has 0 saturated heterocycles. The van der Waals surface area contributed by atoms with Crippen LogP contribution in [-0.2, 0) is 6.18 Å². The van der Waals surface area contributed by atoms with Crippen molar-refractivity contribution in [3.05, 3.63) is 96.9 Å². The molecule has 0 spiro atoms. The second kappa shape index (κ2) is 7.28. The highest BCUT2D eigenvalue weighted by atomic mass is 19.4. The van der Waals surface area contributed by atoms with Crippen LogP contribution < -0.4 is 4.74 Å². The summed E-state index contributed by atoms with van der Waals surface area (Å²) in [5.74, 6) is 0.731. The summed E-state index contributed by atoms with van der Waals surface area (Å²) in [6.45, 7) is 4.03. The van der Waals surface area contributed by atoms with Crippen molar-refractivity contribution in [2.45, 2.75) is 6.18 Å². The molecule has 0 aliphatic heterocycles. The molecule has 0 unspecified atom stereocenters. The second-order valence-corrected chi connectivity index (χ2v) is 6.85. The standard InChI is InChI=1S/C25H18F3O/c1-16-12-23(17-6-4-3-5-7-17)24(25(26,27)28)15-22(16)20-9-8-19-14-21(29-2)11-10-18(19)13-20/h3-15H,1H2,2H3. The van der Waals surface area contributed by atoms with Crippen LogP contribution in [0.25, 0.3) is 33.0 Å². The quantitative estimate of drug-likeness (QED) is 0.354. The molecule has 0 atom stereocenters. The predicted molar refractivity (Wildman–Crippen MR) is 111 cm³/mol. The molecular weight excluding hydrogens is 373 g/mol. The van der Waals surface area contributed by atoms with Crippen LogP contribution in [-0.4, -0.2) is 7.11 Å². The fourth-order valence-corrected chi connectivity index (χ4v) is 3.52. The zero-order valence-electron chi connectivity index (χ0n) is 15.8. The van der Waals surface area contributed by atoms with Crippen molar-refractivity contribution < 1.29 is 17.9 Å². The highest BCUT2D eigenvalue weighted by Crippen LogP contribution is 2.41. The predicted octanol–water partition coefficient (Wildman–Crippen LogP) is 7.38. The maximum atomic E-state index is 13.9. The van der Waals surface area contributed by atoms with E-state index in [9.17, 15) is 13.2 Å². The van der Waals surface area contributed by atoms with Crippen LogP contribution in [0.5, 0.6) is 5.75 Å². The van der Waals surface area contributed by atoms with Gasteiger partial charge in [0, 0.05) is 0 Å². The first-order valence-electron chi connectivity index (χ1n) is 9.07.